The van der Waals surface area contributed by atoms with Crippen molar-refractivity contribution >= 4 is 16.7 Å². The maximum Gasteiger partial charge on any atom is 0.275 e. The van der Waals surface area contributed by atoms with Gasteiger partial charge in [-0.05, 0) is 13.0 Å². The Labute approximate surface area is 145 Å². The third kappa shape index (κ3) is 3.60. The van der Waals surface area contributed by atoms with Gasteiger partial charge in [-0.25, -0.2) is 9.67 Å². The molecule has 3 rings (SSSR count). The van der Waals surface area contributed by atoms with Crippen molar-refractivity contribution in [2.24, 2.45) is 0 Å². The fourth-order valence-electron chi connectivity index (χ4n) is 2.88. The summed E-state index contributed by atoms with van der Waals surface area (Å²) in [6.07, 6.45) is 4.49. The highest BCUT2D eigenvalue weighted by atomic mass is 16.2. The molecule has 1 aromatic carbocycles. The third-order valence-electron chi connectivity index (χ3n) is 4.14. The number of aromatic nitrogens is 4. The number of hydrogen-bond donors (Lipinski definition) is 1. The Hall–Kier alpha value is -2.96. The number of benzene rings is 1. The molecule has 25 heavy (non-hydrogen) atoms. The predicted molar refractivity (Wildman–Crippen MR) is 95.4 cm³/mol. The second kappa shape index (κ2) is 7.29. The lowest BCUT2D eigenvalue weighted by Gasteiger charge is -2.10. The number of aryl methyl sites for hydroxylation is 2. The van der Waals surface area contributed by atoms with E-state index in [1.54, 1.807) is 12.3 Å². The van der Waals surface area contributed by atoms with E-state index in [1.165, 1.54) is 4.68 Å². The standard InChI is InChI=1S/C18H21N5O2/c1-3-16-19-8-10-22(16)11-9-20-17(24)12-23-18(25)15-7-5-4-6-14(15)13(2)21-23/h4-8,10H,3,9,11-12H2,1-2H3,(H,20,24). The van der Waals surface area contributed by atoms with Crippen LogP contribution in [0.5, 0.6) is 0 Å². The SMILES string of the molecule is CCc1nccn1CCNC(=O)Cn1nc(C)c2ccccc2c1=O. The molecule has 0 fully saturated rings. The minimum Gasteiger partial charge on any atom is -0.353 e. The predicted octanol–water partition coefficient (Wildman–Crippen LogP) is 1.28. The van der Waals surface area contributed by atoms with Gasteiger partial charge in [0.1, 0.15) is 12.4 Å². The molecule has 3 aromatic rings. The Morgan fingerprint density at radius 1 is 1.24 bits per heavy atom. The van der Waals surface area contributed by atoms with Crippen LogP contribution in [0, 0.1) is 6.92 Å². The highest BCUT2D eigenvalue weighted by Gasteiger charge is 2.10. The summed E-state index contributed by atoms with van der Waals surface area (Å²) >= 11 is 0. The van der Waals surface area contributed by atoms with Crippen molar-refractivity contribution in [1.29, 1.82) is 0 Å². The first-order valence-electron chi connectivity index (χ1n) is 8.33. The summed E-state index contributed by atoms with van der Waals surface area (Å²) < 4.78 is 3.23. The number of rotatable bonds is 6. The highest BCUT2D eigenvalue weighted by Crippen LogP contribution is 2.11. The van der Waals surface area contributed by atoms with Crippen LogP contribution in [0.25, 0.3) is 10.8 Å². The number of carbonyl (C=O) groups excluding carboxylic acids is 1. The molecule has 0 aliphatic rings. The van der Waals surface area contributed by atoms with Gasteiger partial charge in [-0.15, -0.1) is 0 Å². The smallest absolute Gasteiger partial charge is 0.275 e. The van der Waals surface area contributed by atoms with Crippen LogP contribution in [-0.4, -0.2) is 31.8 Å². The zero-order valence-corrected chi connectivity index (χ0v) is 14.4. The molecule has 2 aromatic heterocycles. The molecule has 2 heterocycles. The third-order valence-corrected chi connectivity index (χ3v) is 4.14. The van der Waals surface area contributed by atoms with E-state index < -0.39 is 0 Å². The van der Waals surface area contributed by atoms with Gasteiger partial charge in [-0.1, -0.05) is 25.1 Å². The Bertz CT molecular complexity index is 957. The molecular formula is C18H21N5O2. The van der Waals surface area contributed by atoms with Crippen molar-refractivity contribution in [1.82, 2.24) is 24.6 Å². The summed E-state index contributed by atoms with van der Waals surface area (Å²) in [5, 5.41) is 8.48. The van der Waals surface area contributed by atoms with Crippen LogP contribution >= 0.6 is 0 Å². The number of carbonyl (C=O) groups is 1. The van der Waals surface area contributed by atoms with E-state index in [0.717, 1.165) is 23.3 Å². The normalized spacial score (nSPS) is 11.0. The van der Waals surface area contributed by atoms with Crippen LogP contribution in [0.3, 0.4) is 0 Å². The van der Waals surface area contributed by atoms with Crippen molar-refractivity contribution in [3.05, 3.63) is 58.5 Å². The molecule has 1 N–H and O–H groups in total. The van der Waals surface area contributed by atoms with E-state index in [9.17, 15) is 9.59 Å². The molecule has 0 spiro atoms. The molecule has 0 aliphatic carbocycles. The van der Waals surface area contributed by atoms with Crippen molar-refractivity contribution in [2.45, 2.75) is 33.4 Å². The molecule has 1 amide bonds. The molecule has 7 heteroatoms. The Kier molecular flexibility index (Phi) is 4.92. The summed E-state index contributed by atoms with van der Waals surface area (Å²) in [6.45, 7) is 4.91. The first kappa shape index (κ1) is 16.9. The minimum atomic E-state index is -0.251. The maximum atomic E-state index is 12.5. The Balaban J connectivity index is 1.66. The first-order chi connectivity index (χ1) is 12.1. The summed E-state index contributed by atoms with van der Waals surface area (Å²) in [7, 11) is 0. The average Bonchev–Trinajstić information content (AvgIpc) is 3.07. The van der Waals surface area contributed by atoms with E-state index in [0.29, 0.717) is 18.5 Å². The Morgan fingerprint density at radius 2 is 2.00 bits per heavy atom. The molecule has 0 aliphatic heterocycles. The van der Waals surface area contributed by atoms with Crippen molar-refractivity contribution in [2.75, 3.05) is 6.54 Å². The first-order valence-corrected chi connectivity index (χ1v) is 8.33. The van der Waals surface area contributed by atoms with Crippen LogP contribution in [0.1, 0.15) is 18.4 Å². The quantitative estimate of drug-likeness (QED) is 0.733. The highest BCUT2D eigenvalue weighted by molar-refractivity contribution is 5.83. The van der Waals surface area contributed by atoms with Crippen molar-refractivity contribution in [3.63, 3.8) is 0 Å². The van der Waals surface area contributed by atoms with Crippen LogP contribution < -0.4 is 10.9 Å². The average molecular weight is 339 g/mol. The molecule has 0 saturated carbocycles. The van der Waals surface area contributed by atoms with Gasteiger partial charge in [0, 0.05) is 37.3 Å². The lowest BCUT2D eigenvalue weighted by atomic mass is 10.1. The van der Waals surface area contributed by atoms with Gasteiger partial charge in [-0.3, -0.25) is 9.59 Å². The van der Waals surface area contributed by atoms with Gasteiger partial charge in [0.25, 0.3) is 5.56 Å². The van der Waals surface area contributed by atoms with Gasteiger partial charge < -0.3 is 9.88 Å². The van der Waals surface area contributed by atoms with Crippen LogP contribution in [0.2, 0.25) is 0 Å². The van der Waals surface area contributed by atoms with E-state index in [2.05, 4.69) is 15.4 Å². The lowest BCUT2D eigenvalue weighted by molar-refractivity contribution is -0.121. The molecule has 7 nitrogen and oxygen atoms in total. The van der Waals surface area contributed by atoms with Crippen molar-refractivity contribution in [3.8, 4) is 0 Å². The summed E-state index contributed by atoms with van der Waals surface area (Å²) in [4.78, 5) is 28.9. The van der Waals surface area contributed by atoms with Crippen molar-refractivity contribution < 1.29 is 4.79 Å². The van der Waals surface area contributed by atoms with E-state index in [-0.39, 0.29) is 18.0 Å². The van der Waals surface area contributed by atoms with Crippen LogP contribution in [0.15, 0.2) is 41.5 Å². The molecule has 0 saturated heterocycles. The molecular weight excluding hydrogens is 318 g/mol. The number of hydrogen-bond acceptors (Lipinski definition) is 4. The largest absolute Gasteiger partial charge is 0.353 e. The topological polar surface area (TPSA) is 81.8 Å². The molecule has 0 atom stereocenters. The Morgan fingerprint density at radius 3 is 2.76 bits per heavy atom. The molecule has 130 valence electrons. The number of nitrogens with zero attached hydrogens (tertiary/aromatic N) is 4. The molecule has 0 radical (unpaired) electrons. The summed E-state index contributed by atoms with van der Waals surface area (Å²) in [5.41, 5.74) is 0.480. The van der Waals surface area contributed by atoms with Crippen LogP contribution in [-0.2, 0) is 24.3 Å². The summed E-state index contributed by atoms with van der Waals surface area (Å²) in [6, 6.07) is 7.30. The zero-order valence-electron chi connectivity index (χ0n) is 14.4. The number of amides is 1. The maximum absolute atomic E-state index is 12.5. The minimum absolute atomic E-state index is 0.0882. The summed E-state index contributed by atoms with van der Waals surface area (Å²) in [5.74, 6) is 0.750. The number of fused-ring (bicyclic) bond motifs is 1. The van der Waals surface area contributed by atoms with E-state index >= 15 is 0 Å². The van der Waals surface area contributed by atoms with Gasteiger partial charge >= 0.3 is 0 Å². The van der Waals surface area contributed by atoms with Crippen LogP contribution in [0.4, 0.5) is 0 Å². The monoisotopic (exact) mass is 339 g/mol. The van der Waals surface area contributed by atoms with Gasteiger partial charge in [0.15, 0.2) is 0 Å². The molecule has 0 unspecified atom stereocenters. The van der Waals surface area contributed by atoms with Gasteiger partial charge in [0.05, 0.1) is 11.1 Å². The van der Waals surface area contributed by atoms with E-state index in [4.69, 9.17) is 0 Å². The second-order valence-corrected chi connectivity index (χ2v) is 5.83. The second-order valence-electron chi connectivity index (χ2n) is 5.83. The zero-order chi connectivity index (χ0) is 17.8. The molecule has 0 bridgehead atoms. The van der Waals surface area contributed by atoms with E-state index in [1.807, 2.05) is 42.8 Å². The fourth-order valence-corrected chi connectivity index (χ4v) is 2.88. The van der Waals surface area contributed by atoms with Gasteiger partial charge in [0.2, 0.25) is 5.91 Å². The number of nitrogens with one attached hydrogen (secondary N) is 1. The number of imidazole rings is 1. The van der Waals surface area contributed by atoms with Gasteiger partial charge in [-0.2, -0.15) is 5.10 Å². The lowest BCUT2D eigenvalue weighted by Crippen LogP contribution is -2.35. The fraction of sp³-hybridized carbons (Fsp3) is 0.333.